The molecule has 2 aliphatic heterocycles. The van der Waals surface area contributed by atoms with E-state index in [2.05, 4.69) is 17.0 Å². The fourth-order valence-corrected chi connectivity index (χ4v) is 4.57. The third kappa shape index (κ3) is 5.10. The van der Waals surface area contributed by atoms with E-state index < -0.39 is 5.60 Å². The van der Waals surface area contributed by atoms with Crippen molar-refractivity contribution in [2.75, 3.05) is 18.1 Å². The molecule has 7 heteroatoms. The standard InChI is InChI=1S/C26H22N4O2S/c1-26(2)21(20(18-29)25(32-26)19(16-27)17-28)10-6-4-3-5-7-13-24-30(14-15-31)22-11-8-9-12-23(22)33-24/h3-13,31H,14-15H2,1-2H3/b4-3+,7-5+,10-6+,24-13+. The first-order valence-electron chi connectivity index (χ1n) is 10.2. The lowest BCUT2D eigenvalue weighted by atomic mass is 9.95. The first kappa shape index (κ1) is 23.7. The Hall–Kier alpha value is -3.96. The van der Waals surface area contributed by atoms with Gasteiger partial charge in [0.1, 0.15) is 29.4 Å². The Bertz CT molecular complexity index is 1230. The summed E-state index contributed by atoms with van der Waals surface area (Å²) in [7, 11) is 0. The minimum atomic E-state index is -0.825. The molecule has 164 valence electrons. The van der Waals surface area contributed by atoms with Crippen molar-refractivity contribution in [2.45, 2.75) is 24.3 Å². The number of hydrogen-bond acceptors (Lipinski definition) is 7. The average molecular weight is 455 g/mol. The Labute approximate surface area is 198 Å². The van der Waals surface area contributed by atoms with Crippen molar-refractivity contribution in [1.29, 1.82) is 15.8 Å². The SMILES string of the molecule is CC1(C)OC(=C(C#N)C#N)C(C#N)=C1/C=C/C=C/C=C/C=C1/Sc2ccccc2N1CCO. The zero-order chi connectivity index (χ0) is 23.8. The third-order valence-electron chi connectivity index (χ3n) is 4.97. The number of rotatable bonds is 6. The number of nitrogens with zero attached hydrogens (tertiary/aromatic N) is 4. The molecule has 0 amide bonds. The number of aliphatic hydroxyl groups excluding tert-OH is 1. The number of ether oxygens (including phenoxy) is 1. The van der Waals surface area contributed by atoms with Crippen molar-refractivity contribution < 1.29 is 9.84 Å². The fourth-order valence-electron chi connectivity index (χ4n) is 3.47. The van der Waals surface area contributed by atoms with Crippen molar-refractivity contribution in [3.63, 3.8) is 0 Å². The second-order valence-corrected chi connectivity index (χ2v) is 8.58. The zero-order valence-corrected chi connectivity index (χ0v) is 19.1. The molecule has 0 saturated heterocycles. The summed E-state index contributed by atoms with van der Waals surface area (Å²) >= 11 is 1.66. The molecule has 0 radical (unpaired) electrons. The van der Waals surface area contributed by atoms with Crippen LogP contribution < -0.4 is 4.90 Å². The van der Waals surface area contributed by atoms with E-state index in [1.54, 1.807) is 49.9 Å². The lowest BCUT2D eigenvalue weighted by Crippen LogP contribution is -2.21. The highest BCUT2D eigenvalue weighted by molar-refractivity contribution is 8.03. The molecule has 0 aliphatic carbocycles. The van der Waals surface area contributed by atoms with Crippen LogP contribution in [0.4, 0.5) is 5.69 Å². The van der Waals surface area contributed by atoms with Crippen LogP contribution in [0, 0.1) is 34.0 Å². The third-order valence-corrected chi connectivity index (χ3v) is 6.10. The van der Waals surface area contributed by atoms with Crippen LogP contribution in [0.15, 0.2) is 99.2 Å². The summed E-state index contributed by atoms with van der Waals surface area (Å²) in [5, 5.41) is 38.2. The van der Waals surface area contributed by atoms with Gasteiger partial charge in [0.05, 0.1) is 17.3 Å². The molecule has 6 nitrogen and oxygen atoms in total. The first-order valence-corrected chi connectivity index (χ1v) is 11.0. The van der Waals surface area contributed by atoms with E-state index in [1.807, 2.05) is 48.6 Å². The fraction of sp³-hybridized carbons (Fsp3) is 0.192. The van der Waals surface area contributed by atoms with Gasteiger partial charge in [-0.2, -0.15) is 15.8 Å². The van der Waals surface area contributed by atoms with Crippen LogP contribution in [-0.4, -0.2) is 23.9 Å². The summed E-state index contributed by atoms with van der Waals surface area (Å²) < 4.78 is 5.73. The number of aliphatic hydroxyl groups is 1. The molecule has 3 rings (SSSR count). The van der Waals surface area contributed by atoms with Gasteiger partial charge in [-0.3, -0.25) is 0 Å². The predicted molar refractivity (Wildman–Crippen MR) is 128 cm³/mol. The second-order valence-electron chi connectivity index (χ2n) is 7.52. The van der Waals surface area contributed by atoms with Gasteiger partial charge >= 0.3 is 0 Å². The highest BCUT2D eigenvalue weighted by Crippen LogP contribution is 2.45. The predicted octanol–water partition coefficient (Wildman–Crippen LogP) is 5.03. The molecule has 0 aromatic heterocycles. The van der Waals surface area contributed by atoms with Gasteiger partial charge < -0.3 is 14.7 Å². The summed E-state index contributed by atoms with van der Waals surface area (Å²) in [5.74, 6) is 0.0325. The molecule has 1 aromatic carbocycles. The molecule has 0 saturated carbocycles. The first-order chi connectivity index (χ1) is 16.0. The number of thioether (sulfide) groups is 1. The van der Waals surface area contributed by atoms with Gasteiger partial charge in [0.2, 0.25) is 0 Å². The van der Waals surface area contributed by atoms with Crippen LogP contribution in [0.25, 0.3) is 0 Å². The quantitative estimate of drug-likeness (QED) is 0.475. The van der Waals surface area contributed by atoms with Gasteiger partial charge in [-0.05, 0) is 32.1 Å². The second kappa shape index (κ2) is 10.6. The molecular formula is C26H22N4O2S. The lowest BCUT2D eigenvalue weighted by Gasteiger charge is -2.20. The van der Waals surface area contributed by atoms with E-state index in [-0.39, 0.29) is 23.5 Å². The van der Waals surface area contributed by atoms with Gasteiger partial charge in [-0.15, -0.1) is 0 Å². The molecule has 33 heavy (non-hydrogen) atoms. The van der Waals surface area contributed by atoms with Gasteiger partial charge in [0, 0.05) is 17.0 Å². The minimum Gasteiger partial charge on any atom is -0.480 e. The summed E-state index contributed by atoms with van der Waals surface area (Å²) in [6.07, 6.45) is 13.1. The van der Waals surface area contributed by atoms with Gasteiger partial charge in [-0.25, -0.2) is 0 Å². The largest absolute Gasteiger partial charge is 0.480 e. The van der Waals surface area contributed by atoms with Gasteiger partial charge in [0.25, 0.3) is 0 Å². The van der Waals surface area contributed by atoms with Crippen molar-refractivity contribution in [2.24, 2.45) is 0 Å². The molecule has 1 N–H and O–H groups in total. The summed E-state index contributed by atoms with van der Waals surface area (Å²) in [4.78, 5) is 3.25. The maximum Gasteiger partial charge on any atom is 0.172 e. The Morgan fingerprint density at radius 1 is 1.09 bits per heavy atom. The van der Waals surface area contributed by atoms with E-state index in [9.17, 15) is 10.4 Å². The van der Waals surface area contributed by atoms with Crippen LogP contribution in [0.2, 0.25) is 0 Å². The Morgan fingerprint density at radius 3 is 2.48 bits per heavy atom. The Kier molecular flexibility index (Phi) is 7.59. The smallest absolute Gasteiger partial charge is 0.172 e. The molecule has 0 bridgehead atoms. The Balaban J connectivity index is 1.73. The zero-order valence-electron chi connectivity index (χ0n) is 18.3. The van der Waals surface area contributed by atoms with Crippen LogP contribution in [-0.2, 0) is 4.74 Å². The van der Waals surface area contributed by atoms with Crippen molar-refractivity contribution in [3.8, 4) is 18.2 Å². The molecule has 0 atom stereocenters. The monoisotopic (exact) mass is 454 g/mol. The van der Waals surface area contributed by atoms with Crippen LogP contribution in [0.5, 0.6) is 0 Å². The number of hydrogen-bond donors (Lipinski definition) is 1. The number of anilines is 1. The number of allylic oxidation sites excluding steroid dienone is 8. The molecule has 2 heterocycles. The molecule has 1 aromatic rings. The van der Waals surface area contributed by atoms with Crippen molar-refractivity contribution in [1.82, 2.24) is 0 Å². The normalized spacial score (nSPS) is 18.1. The average Bonchev–Trinajstić information content (AvgIpc) is 3.28. The van der Waals surface area contributed by atoms with E-state index >= 15 is 0 Å². The number of nitriles is 3. The summed E-state index contributed by atoms with van der Waals surface area (Å²) in [6, 6.07) is 13.7. The number of para-hydroxylation sites is 1. The maximum atomic E-state index is 9.55. The molecule has 0 fully saturated rings. The molecule has 0 unspecified atom stereocenters. The topological polar surface area (TPSA) is 104 Å². The van der Waals surface area contributed by atoms with Crippen LogP contribution in [0.3, 0.4) is 0 Å². The lowest BCUT2D eigenvalue weighted by molar-refractivity contribution is 0.0954. The Morgan fingerprint density at radius 2 is 1.79 bits per heavy atom. The van der Waals surface area contributed by atoms with E-state index in [0.29, 0.717) is 12.1 Å². The minimum absolute atomic E-state index is 0.0325. The molecule has 2 aliphatic rings. The highest BCUT2D eigenvalue weighted by Gasteiger charge is 2.38. The number of fused-ring (bicyclic) bond motifs is 1. The van der Waals surface area contributed by atoms with Crippen LogP contribution in [0.1, 0.15) is 13.8 Å². The molecular weight excluding hydrogens is 432 g/mol. The number of benzene rings is 1. The van der Waals surface area contributed by atoms with E-state index in [0.717, 1.165) is 15.6 Å². The summed E-state index contributed by atoms with van der Waals surface area (Å²) in [5.41, 5.74) is 0.872. The summed E-state index contributed by atoms with van der Waals surface area (Å²) in [6.45, 7) is 4.18. The van der Waals surface area contributed by atoms with Gasteiger partial charge in [-0.1, -0.05) is 60.4 Å². The highest BCUT2D eigenvalue weighted by atomic mass is 32.2. The van der Waals surface area contributed by atoms with E-state index in [1.165, 1.54) is 0 Å². The number of β-amino-alcohol motifs (C(OH)–C–C–N with tert-alkyl or cyclic N) is 1. The van der Waals surface area contributed by atoms with E-state index in [4.69, 9.17) is 15.3 Å². The van der Waals surface area contributed by atoms with Gasteiger partial charge in [0.15, 0.2) is 11.3 Å². The molecule has 0 spiro atoms. The van der Waals surface area contributed by atoms with Crippen molar-refractivity contribution >= 4 is 17.4 Å². The maximum absolute atomic E-state index is 9.55. The van der Waals surface area contributed by atoms with Crippen molar-refractivity contribution in [3.05, 3.63) is 94.3 Å². The van der Waals surface area contributed by atoms with Crippen LogP contribution >= 0.6 is 11.8 Å².